The molecule has 1 atom stereocenters. The molecule has 3 heterocycles. The van der Waals surface area contributed by atoms with Gasteiger partial charge in [0.2, 0.25) is 0 Å². The standard InChI is InChI=1S/C21H20FNO2S/c22-14-3-1-4-15(11-14)26-16-5-6-17-18-7-9-23-21(8-2-10-24-13-21)20(18)25-19(17)12-16/h1,3-6,11-12,23H,2,7-10,13H2. The highest BCUT2D eigenvalue weighted by Crippen LogP contribution is 2.42. The lowest BCUT2D eigenvalue weighted by molar-refractivity contribution is 0.00539. The van der Waals surface area contributed by atoms with E-state index in [2.05, 4.69) is 23.5 Å². The van der Waals surface area contributed by atoms with Gasteiger partial charge >= 0.3 is 0 Å². The van der Waals surface area contributed by atoms with Gasteiger partial charge in [0.1, 0.15) is 22.7 Å². The number of hydrogen-bond donors (Lipinski definition) is 1. The third-order valence-electron chi connectivity index (χ3n) is 5.31. The van der Waals surface area contributed by atoms with Crippen molar-refractivity contribution >= 4 is 22.7 Å². The first-order valence-corrected chi connectivity index (χ1v) is 9.87. The van der Waals surface area contributed by atoms with Crippen molar-refractivity contribution in [2.45, 2.75) is 34.6 Å². The van der Waals surface area contributed by atoms with Gasteiger partial charge in [0.25, 0.3) is 0 Å². The SMILES string of the molecule is Fc1cccc(Sc2ccc3c4c(oc3c2)C2(CCCOC2)NCC4)c1. The van der Waals surface area contributed by atoms with E-state index < -0.39 is 0 Å². The smallest absolute Gasteiger partial charge is 0.135 e. The van der Waals surface area contributed by atoms with Gasteiger partial charge in [0.15, 0.2) is 0 Å². The summed E-state index contributed by atoms with van der Waals surface area (Å²) in [5.74, 6) is 0.834. The molecule has 0 saturated carbocycles. The predicted octanol–water partition coefficient (Wildman–Crippen LogP) is 4.87. The molecule has 2 aromatic carbocycles. The molecule has 0 aliphatic carbocycles. The van der Waals surface area contributed by atoms with Crippen molar-refractivity contribution in [2.75, 3.05) is 19.8 Å². The molecular formula is C21H20FNO2S. The minimum Gasteiger partial charge on any atom is -0.459 e. The van der Waals surface area contributed by atoms with Crippen LogP contribution in [0, 0.1) is 5.82 Å². The Morgan fingerprint density at radius 3 is 2.88 bits per heavy atom. The number of nitrogens with one attached hydrogen (secondary N) is 1. The molecule has 1 saturated heterocycles. The fourth-order valence-corrected chi connectivity index (χ4v) is 5.01. The molecule has 26 heavy (non-hydrogen) atoms. The van der Waals surface area contributed by atoms with E-state index in [1.165, 1.54) is 17.0 Å². The Balaban J connectivity index is 1.54. The summed E-state index contributed by atoms with van der Waals surface area (Å²) in [6, 6.07) is 13.0. The van der Waals surface area contributed by atoms with Crippen LogP contribution in [0.3, 0.4) is 0 Å². The van der Waals surface area contributed by atoms with Crippen LogP contribution < -0.4 is 5.32 Å². The molecule has 1 unspecified atom stereocenters. The average molecular weight is 369 g/mol. The average Bonchev–Trinajstić information content (AvgIpc) is 3.02. The highest BCUT2D eigenvalue weighted by Gasteiger charge is 2.42. The molecule has 5 rings (SSSR count). The first-order chi connectivity index (χ1) is 12.7. The Morgan fingerprint density at radius 1 is 1.12 bits per heavy atom. The van der Waals surface area contributed by atoms with Gasteiger partial charge in [-0.2, -0.15) is 0 Å². The second-order valence-corrected chi connectivity index (χ2v) is 8.19. The molecule has 0 bridgehead atoms. The van der Waals surface area contributed by atoms with Crippen LogP contribution in [0.4, 0.5) is 4.39 Å². The van der Waals surface area contributed by atoms with Gasteiger partial charge in [-0.25, -0.2) is 4.39 Å². The number of furan rings is 1. The van der Waals surface area contributed by atoms with Crippen molar-refractivity contribution in [3.63, 3.8) is 0 Å². The van der Waals surface area contributed by atoms with E-state index >= 15 is 0 Å². The zero-order chi connectivity index (χ0) is 17.6. The van der Waals surface area contributed by atoms with Gasteiger partial charge in [-0.3, -0.25) is 0 Å². The highest BCUT2D eigenvalue weighted by atomic mass is 32.2. The largest absolute Gasteiger partial charge is 0.459 e. The lowest BCUT2D eigenvalue weighted by Crippen LogP contribution is -2.52. The molecule has 134 valence electrons. The van der Waals surface area contributed by atoms with E-state index in [9.17, 15) is 4.39 Å². The number of benzene rings is 2. The van der Waals surface area contributed by atoms with Crippen molar-refractivity contribution in [3.05, 3.63) is 59.6 Å². The van der Waals surface area contributed by atoms with E-state index in [1.807, 2.05) is 6.07 Å². The Morgan fingerprint density at radius 2 is 2.04 bits per heavy atom. The Kier molecular flexibility index (Phi) is 4.03. The first-order valence-electron chi connectivity index (χ1n) is 9.06. The first kappa shape index (κ1) is 16.4. The van der Waals surface area contributed by atoms with Crippen LogP contribution >= 0.6 is 11.8 Å². The molecule has 1 fully saturated rings. The lowest BCUT2D eigenvalue weighted by atomic mass is 9.83. The Bertz CT molecular complexity index is 962. The fourth-order valence-electron chi connectivity index (χ4n) is 4.12. The number of halogens is 1. The topological polar surface area (TPSA) is 34.4 Å². The number of ether oxygens (including phenoxy) is 1. The second kappa shape index (κ2) is 6.41. The summed E-state index contributed by atoms with van der Waals surface area (Å²) in [6.45, 7) is 2.45. The molecule has 3 nitrogen and oxygen atoms in total. The normalized spacial score (nSPS) is 22.7. The van der Waals surface area contributed by atoms with Crippen LogP contribution in [-0.2, 0) is 16.7 Å². The minimum atomic E-state index is -0.213. The molecule has 0 radical (unpaired) electrons. The predicted molar refractivity (Wildman–Crippen MR) is 100 cm³/mol. The van der Waals surface area contributed by atoms with Gasteiger partial charge in [-0.05, 0) is 55.7 Å². The number of rotatable bonds is 2. The Labute approximate surface area is 155 Å². The highest BCUT2D eigenvalue weighted by molar-refractivity contribution is 7.99. The zero-order valence-electron chi connectivity index (χ0n) is 14.4. The molecule has 1 N–H and O–H groups in total. The van der Waals surface area contributed by atoms with Crippen LogP contribution in [0.25, 0.3) is 11.0 Å². The van der Waals surface area contributed by atoms with Gasteiger partial charge in [0.05, 0.1) is 6.61 Å². The Hall–Kier alpha value is -1.82. The zero-order valence-corrected chi connectivity index (χ0v) is 15.2. The van der Waals surface area contributed by atoms with Crippen molar-refractivity contribution in [1.29, 1.82) is 0 Å². The van der Waals surface area contributed by atoms with E-state index in [1.54, 1.807) is 23.9 Å². The van der Waals surface area contributed by atoms with Crippen LogP contribution in [0.5, 0.6) is 0 Å². The van der Waals surface area contributed by atoms with Crippen molar-refractivity contribution in [2.24, 2.45) is 0 Å². The van der Waals surface area contributed by atoms with E-state index in [0.29, 0.717) is 6.61 Å². The van der Waals surface area contributed by atoms with E-state index in [0.717, 1.165) is 53.5 Å². The second-order valence-electron chi connectivity index (χ2n) is 7.04. The molecule has 3 aromatic rings. The van der Waals surface area contributed by atoms with Gasteiger partial charge < -0.3 is 14.5 Å². The van der Waals surface area contributed by atoms with Crippen molar-refractivity contribution in [1.82, 2.24) is 5.32 Å². The number of fused-ring (bicyclic) bond motifs is 4. The quantitative estimate of drug-likeness (QED) is 0.699. The molecule has 2 aliphatic rings. The summed E-state index contributed by atoms with van der Waals surface area (Å²) in [6.07, 6.45) is 3.06. The monoisotopic (exact) mass is 369 g/mol. The summed E-state index contributed by atoms with van der Waals surface area (Å²) in [7, 11) is 0. The molecular weight excluding hydrogens is 349 g/mol. The third-order valence-corrected chi connectivity index (χ3v) is 6.29. The minimum absolute atomic E-state index is 0.180. The van der Waals surface area contributed by atoms with Crippen LogP contribution in [0.1, 0.15) is 24.2 Å². The van der Waals surface area contributed by atoms with Crippen molar-refractivity contribution in [3.8, 4) is 0 Å². The molecule has 0 amide bonds. The van der Waals surface area contributed by atoms with Crippen LogP contribution in [0.2, 0.25) is 0 Å². The van der Waals surface area contributed by atoms with Gasteiger partial charge in [0, 0.05) is 33.9 Å². The maximum absolute atomic E-state index is 13.4. The fraction of sp³-hybridized carbons (Fsp3) is 0.333. The molecule has 5 heteroatoms. The van der Waals surface area contributed by atoms with Crippen LogP contribution in [0.15, 0.2) is 56.7 Å². The van der Waals surface area contributed by atoms with Gasteiger partial charge in [-0.1, -0.05) is 17.8 Å². The third kappa shape index (κ3) is 2.75. The molecule has 2 aliphatic heterocycles. The summed E-state index contributed by atoms with van der Waals surface area (Å²) < 4.78 is 25.6. The maximum atomic E-state index is 13.4. The molecule has 1 aromatic heterocycles. The van der Waals surface area contributed by atoms with Crippen molar-refractivity contribution < 1.29 is 13.5 Å². The maximum Gasteiger partial charge on any atom is 0.135 e. The van der Waals surface area contributed by atoms with E-state index in [-0.39, 0.29) is 11.4 Å². The number of hydrogen-bond acceptors (Lipinski definition) is 4. The summed E-state index contributed by atoms with van der Waals surface area (Å²) >= 11 is 1.55. The van der Waals surface area contributed by atoms with Gasteiger partial charge in [-0.15, -0.1) is 0 Å². The lowest BCUT2D eigenvalue weighted by Gasteiger charge is -2.39. The van der Waals surface area contributed by atoms with Crippen LogP contribution in [-0.4, -0.2) is 19.8 Å². The van der Waals surface area contributed by atoms with E-state index in [4.69, 9.17) is 9.15 Å². The summed E-state index contributed by atoms with van der Waals surface area (Å²) in [5, 5.41) is 4.84. The summed E-state index contributed by atoms with van der Waals surface area (Å²) in [4.78, 5) is 1.94. The summed E-state index contributed by atoms with van der Waals surface area (Å²) in [5.41, 5.74) is 2.04. The molecule has 1 spiro atoms.